The monoisotopic (exact) mass is 465 g/mol. The highest BCUT2D eigenvalue weighted by atomic mass is 32.2. The Bertz CT molecular complexity index is 1050. The summed E-state index contributed by atoms with van der Waals surface area (Å²) in [7, 11) is 1.70. The van der Waals surface area contributed by atoms with Crippen molar-refractivity contribution in [1.29, 1.82) is 0 Å². The van der Waals surface area contributed by atoms with Gasteiger partial charge in [-0.3, -0.25) is 4.79 Å². The molecule has 0 spiro atoms. The minimum Gasteiger partial charge on any atom is -0.495 e. The second kappa shape index (κ2) is 11.2. The van der Waals surface area contributed by atoms with Gasteiger partial charge in [0.2, 0.25) is 5.91 Å². The molecule has 1 amide bonds. The molecule has 0 bridgehead atoms. The molecule has 2 heterocycles. The average Bonchev–Trinajstić information content (AvgIpc) is 3.30. The number of amides is 1. The lowest BCUT2D eigenvalue weighted by atomic mass is 10.2. The summed E-state index contributed by atoms with van der Waals surface area (Å²) in [6.45, 7) is 6.05. The standard InChI is InChI=1S/C25H31N5O2S/c1-3-30-24(20-10-5-4-6-11-20)26-27-25(30)33-19-9-14-23(31)29-17-15-28(16-18-29)21-12-7-8-13-22(21)32-2/h4-8,10-13H,3,9,14-19H2,1-2H3. The van der Waals surface area contributed by atoms with Crippen molar-refractivity contribution in [2.24, 2.45) is 0 Å². The molecule has 1 aliphatic rings. The summed E-state index contributed by atoms with van der Waals surface area (Å²) in [5.41, 5.74) is 2.17. The van der Waals surface area contributed by atoms with Gasteiger partial charge in [0, 0.05) is 50.5 Å². The number of hydrogen-bond donors (Lipinski definition) is 0. The Labute approximate surface area is 199 Å². The highest BCUT2D eigenvalue weighted by molar-refractivity contribution is 7.99. The summed E-state index contributed by atoms with van der Waals surface area (Å²) in [4.78, 5) is 17.0. The van der Waals surface area contributed by atoms with Gasteiger partial charge < -0.3 is 19.1 Å². The maximum Gasteiger partial charge on any atom is 0.222 e. The van der Waals surface area contributed by atoms with E-state index < -0.39 is 0 Å². The van der Waals surface area contributed by atoms with Crippen LogP contribution in [0.3, 0.4) is 0 Å². The van der Waals surface area contributed by atoms with Gasteiger partial charge in [-0.25, -0.2) is 0 Å². The van der Waals surface area contributed by atoms with Crippen LogP contribution >= 0.6 is 11.8 Å². The zero-order valence-corrected chi connectivity index (χ0v) is 20.1. The predicted octanol–water partition coefficient (Wildman–Crippen LogP) is 4.19. The van der Waals surface area contributed by atoms with Crippen molar-refractivity contribution >= 4 is 23.4 Å². The number of methoxy groups -OCH3 is 1. The summed E-state index contributed by atoms with van der Waals surface area (Å²) in [6.07, 6.45) is 1.39. The van der Waals surface area contributed by atoms with Crippen molar-refractivity contribution in [2.75, 3.05) is 43.9 Å². The quantitative estimate of drug-likeness (QED) is 0.349. The molecule has 0 aliphatic carbocycles. The first-order chi connectivity index (χ1) is 16.2. The number of thioether (sulfide) groups is 1. The van der Waals surface area contributed by atoms with Crippen LogP contribution in [0.15, 0.2) is 59.8 Å². The molecule has 1 fully saturated rings. The van der Waals surface area contributed by atoms with E-state index in [0.29, 0.717) is 6.42 Å². The fraction of sp³-hybridized carbons (Fsp3) is 0.400. The van der Waals surface area contributed by atoms with Gasteiger partial charge in [0.25, 0.3) is 0 Å². The van der Waals surface area contributed by atoms with Gasteiger partial charge in [-0.05, 0) is 25.5 Å². The number of hydrogen-bond acceptors (Lipinski definition) is 6. The van der Waals surface area contributed by atoms with Crippen LogP contribution in [0, 0.1) is 0 Å². The van der Waals surface area contributed by atoms with Crippen molar-refractivity contribution < 1.29 is 9.53 Å². The number of carbonyl (C=O) groups excluding carboxylic acids is 1. The van der Waals surface area contributed by atoms with Gasteiger partial charge in [0.05, 0.1) is 12.8 Å². The molecule has 174 valence electrons. The SMILES string of the molecule is CCn1c(SCCCC(=O)N2CCN(c3ccccc3OC)CC2)nnc1-c1ccccc1. The molecular formula is C25H31N5O2S. The van der Waals surface area contributed by atoms with Crippen LogP contribution in [0.5, 0.6) is 5.75 Å². The van der Waals surface area contributed by atoms with Gasteiger partial charge in [-0.2, -0.15) is 0 Å². The van der Waals surface area contributed by atoms with Gasteiger partial charge in [0.1, 0.15) is 5.75 Å². The van der Waals surface area contributed by atoms with Crippen LogP contribution in [0.4, 0.5) is 5.69 Å². The fourth-order valence-electron chi connectivity index (χ4n) is 4.11. The minimum absolute atomic E-state index is 0.234. The van der Waals surface area contributed by atoms with Crippen molar-refractivity contribution in [1.82, 2.24) is 19.7 Å². The number of anilines is 1. The van der Waals surface area contributed by atoms with Crippen LogP contribution in [-0.2, 0) is 11.3 Å². The largest absolute Gasteiger partial charge is 0.495 e. The highest BCUT2D eigenvalue weighted by Gasteiger charge is 2.22. The third kappa shape index (κ3) is 5.50. The minimum atomic E-state index is 0.234. The van der Waals surface area contributed by atoms with E-state index in [-0.39, 0.29) is 5.91 Å². The van der Waals surface area contributed by atoms with E-state index >= 15 is 0 Å². The third-order valence-corrected chi connectivity index (χ3v) is 6.94. The van der Waals surface area contributed by atoms with Crippen LogP contribution < -0.4 is 9.64 Å². The lowest BCUT2D eigenvalue weighted by molar-refractivity contribution is -0.131. The molecule has 7 nitrogen and oxygen atoms in total. The maximum atomic E-state index is 12.7. The Morgan fingerprint density at radius 3 is 2.45 bits per heavy atom. The maximum absolute atomic E-state index is 12.7. The second-order valence-electron chi connectivity index (χ2n) is 7.91. The van der Waals surface area contributed by atoms with Crippen molar-refractivity contribution in [3.8, 4) is 17.1 Å². The Kier molecular flexibility index (Phi) is 7.88. The third-order valence-electron chi connectivity index (χ3n) is 5.89. The van der Waals surface area contributed by atoms with E-state index in [1.54, 1.807) is 18.9 Å². The summed E-state index contributed by atoms with van der Waals surface area (Å²) < 4.78 is 7.62. The lowest BCUT2D eigenvalue weighted by Crippen LogP contribution is -2.48. The zero-order chi connectivity index (χ0) is 23.0. The van der Waals surface area contributed by atoms with Gasteiger partial charge in [0.15, 0.2) is 11.0 Å². The Hall–Kier alpha value is -3.00. The molecule has 0 radical (unpaired) electrons. The fourth-order valence-corrected chi connectivity index (χ4v) is 5.06. The van der Waals surface area contributed by atoms with E-state index in [9.17, 15) is 4.79 Å². The average molecular weight is 466 g/mol. The van der Waals surface area contributed by atoms with Gasteiger partial charge >= 0.3 is 0 Å². The smallest absolute Gasteiger partial charge is 0.222 e. The second-order valence-corrected chi connectivity index (χ2v) is 8.97. The van der Waals surface area contributed by atoms with E-state index in [1.165, 1.54) is 0 Å². The van der Waals surface area contributed by atoms with Crippen molar-refractivity contribution in [2.45, 2.75) is 31.5 Å². The molecule has 8 heteroatoms. The number of piperazine rings is 1. The molecule has 2 aromatic carbocycles. The first-order valence-electron chi connectivity index (χ1n) is 11.5. The molecule has 4 rings (SSSR count). The molecule has 1 aliphatic heterocycles. The molecular weight excluding hydrogens is 434 g/mol. The first-order valence-corrected chi connectivity index (χ1v) is 12.5. The lowest BCUT2D eigenvalue weighted by Gasteiger charge is -2.36. The highest BCUT2D eigenvalue weighted by Crippen LogP contribution is 2.28. The van der Waals surface area contributed by atoms with E-state index in [1.807, 2.05) is 41.3 Å². The topological polar surface area (TPSA) is 63.5 Å². The number of carbonyl (C=O) groups is 1. The van der Waals surface area contributed by atoms with Gasteiger partial charge in [-0.15, -0.1) is 10.2 Å². The first kappa shape index (κ1) is 23.2. The molecule has 0 saturated carbocycles. The summed E-state index contributed by atoms with van der Waals surface area (Å²) in [5, 5.41) is 9.69. The molecule has 0 atom stereocenters. The molecule has 1 saturated heterocycles. The van der Waals surface area contributed by atoms with Gasteiger partial charge in [-0.1, -0.05) is 54.2 Å². The van der Waals surface area contributed by atoms with Crippen molar-refractivity contribution in [3.05, 3.63) is 54.6 Å². The molecule has 1 aromatic heterocycles. The zero-order valence-electron chi connectivity index (χ0n) is 19.3. The number of benzene rings is 2. The number of aromatic nitrogens is 3. The van der Waals surface area contributed by atoms with Crippen molar-refractivity contribution in [3.63, 3.8) is 0 Å². The molecule has 33 heavy (non-hydrogen) atoms. The number of nitrogens with zero attached hydrogens (tertiary/aromatic N) is 5. The van der Waals surface area contributed by atoms with Crippen LogP contribution in [0.25, 0.3) is 11.4 Å². The summed E-state index contributed by atoms with van der Waals surface area (Å²) in [6, 6.07) is 18.2. The van der Waals surface area contributed by atoms with Crippen LogP contribution in [0.2, 0.25) is 0 Å². The number of para-hydroxylation sites is 2. The summed E-state index contributed by atoms with van der Waals surface area (Å²) in [5.74, 6) is 2.85. The van der Waals surface area contributed by atoms with Crippen LogP contribution in [-0.4, -0.2) is 64.6 Å². The summed E-state index contributed by atoms with van der Waals surface area (Å²) >= 11 is 1.67. The molecule has 0 unspecified atom stereocenters. The Balaban J connectivity index is 1.23. The van der Waals surface area contributed by atoms with E-state index in [4.69, 9.17) is 4.74 Å². The Morgan fingerprint density at radius 2 is 1.73 bits per heavy atom. The van der Waals surface area contributed by atoms with Crippen LogP contribution in [0.1, 0.15) is 19.8 Å². The van der Waals surface area contributed by atoms with E-state index in [2.05, 4.69) is 44.8 Å². The predicted molar refractivity (Wildman–Crippen MR) is 133 cm³/mol. The molecule has 3 aromatic rings. The normalized spacial score (nSPS) is 13.9. The number of rotatable bonds is 9. The molecule has 0 N–H and O–H groups in total. The number of ether oxygens (including phenoxy) is 1. The van der Waals surface area contributed by atoms with E-state index in [0.717, 1.165) is 72.9 Å². The Morgan fingerprint density at radius 1 is 1.00 bits per heavy atom.